The highest BCUT2D eigenvalue weighted by Gasteiger charge is 2.46. The van der Waals surface area contributed by atoms with Crippen LogP contribution in [0.25, 0.3) is 0 Å². The van der Waals surface area contributed by atoms with Crippen LogP contribution in [-0.4, -0.2) is 43.6 Å². The zero-order valence-electron chi connectivity index (χ0n) is 19.5. The zero-order valence-corrected chi connectivity index (χ0v) is 20.3. The predicted molar refractivity (Wildman–Crippen MR) is 130 cm³/mol. The van der Waals surface area contributed by atoms with E-state index in [4.69, 9.17) is 0 Å². The zero-order chi connectivity index (χ0) is 23.5. The summed E-state index contributed by atoms with van der Waals surface area (Å²) in [6.07, 6.45) is 9.13. The van der Waals surface area contributed by atoms with E-state index in [9.17, 15) is 9.18 Å². The number of benzene rings is 1. The number of nitrogens with zero attached hydrogens (tertiary/aromatic N) is 5. The Labute approximate surface area is 204 Å². The van der Waals surface area contributed by atoms with Crippen LogP contribution >= 0.6 is 11.8 Å². The Morgan fingerprint density at radius 3 is 2.79 bits per heavy atom. The number of aromatic nitrogens is 4. The second kappa shape index (κ2) is 9.86. The number of rotatable bonds is 6. The maximum Gasteiger partial charge on any atom is 0.233 e. The monoisotopic (exact) mass is 479 g/mol. The Morgan fingerprint density at radius 1 is 1.18 bits per heavy atom. The Bertz CT molecular complexity index is 1150. The van der Waals surface area contributed by atoms with Gasteiger partial charge in [0.1, 0.15) is 11.6 Å². The van der Waals surface area contributed by atoms with E-state index in [0.29, 0.717) is 6.54 Å². The van der Waals surface area contributed by atoms with Crippen molar-refractivity contribution < 1.29 is 9.18 Å². The van der Waals surface area contributed by atoms with Crippen LogP contribution in [0.5, 0.6) is 0 Å². The summed E-state index contributed by atoms with van der Waals surface area (Å²) in [6, 6.07) is 10.6. The van der Waals surface area contributed by atoms with Crippen LogP contribution in [-0.2, 0) is 23.0 Å². The molecule has 3 aromatic rings. The van der Waals surface area contributed by atoms with Gasteiger partial charge in [0, 0.05) is 44.2 Å². The van der Waals surface area contributed by atoms with E-state index in [0.717, 1.165) is 72.9 Å². The first kappa shape index (κ1) is 23.0. The molecule has 1 atom stereocenters. The molecule has 0 N–H and O–H groups in total. The van der Waals surface area contributed by atoms with Crippen molar-refractivity contribution in [2.75, 3.05) is 13.1 Å². The lowest BCUT2D eigenvalue weighted by molar-refractivity contribution is -0.138. The highest BCUT2D eigenvalue weighted by atomic mass is 32.2. The average molecular weight is 480 g/mol. The van der Waals surface area contributed by atoms with Gasteiger partial charge in [-0.05, 0) is 55.0 Å². The fraction of sp³-hybridized carbons (Fsp3) is 0.462. The molecule has 1 saturated carbocycles. The second-order valence-corrected chi connectivity index (χ2v) is 10.4. The van der Waals surface area contributed by atoms with Crippen molar-refractivity contribution in [3.8, 4) is 0 Å². The minimum Gasteiger partial charge on any atom is -0.341 e. The third-order valence-electron chi connectivity index (χ3n) is 7.28. The molecule has 5 rings (SSSR count). The van der Waals surface area contributed by atoms with Gasteiger partial charge in [0.25, 0.3) is 0 Å². The predicted octanol–water partition coefficient (Wildman–Crippen LogP) is 4.86. The molecule has 2 aliphatic rings. The minimum absolute atomic E-state index is 0.147. The summed E-state index contributed by atoms with van der Waals surface area (Å²) in [4.78, 5) is 20.1. The summed E-state index contributed by atoms with van der Waals surface area (Å²) in [5.74, 6) is 1.73. The first-order chi connectivity index (χ1) is 16.6. The maximum atomic E-state index is 14.0. The highest BCUT2D eigenvalue weighted by molar-refractivity contribution is 7.98. The minimum atomic E-state index is -0.603. The molecule has 1 aliphatic heterocycles. The molecular formula is C26H30FN5OS. The first-order valence-electron chi connectivity index (χ1n) is 12.0. The third-order valence-corrected chi connectivity index (χ3v) is 8.37. The van der Waals surface area contributed by atoms with Gasteiger partial charge in [-0.2, -0.15) is 0 Å². The van der Waals surface area contributed by atoms with Crippen molar-refractivity contribution in [3.05, 3.63) is 71.6 Å². The van der Waals surface area contributed by atoms with Gasteiger partial charge in [-0.1, -0.05) is 42.8 Å². The number of amides is 1. The van der Waals surface area contributed by atoms with Gasteiger partial charge >= 0.3 is 0 Å². The Balaban J connectivity index is 1.32. The number of thioether (sulfide) groups is 1. The summed E-state index contributed by atoms with van der Waals surface area (Å²) < 4.78 is 16.1. The number of carbonyl (C=O) groups is 1. The van der Waals surface area contributed by atoms with Gasteiger partial charge in [0.2, 0.25) is 5.91 Å². The van der Waals surface area contributed by atoms with Crippen LogP contribution in [0, 0.1) is 5.82 Å². The second-order valence-electron chi connectivity index (χ2n) is 9.44. The summed E-state index contributed by atoms with van der Waals surface area (Å²) in [5.41, 5.74) is 1.37. The molecule has 1 aromatic carbocycles. The van der Waals surface area contributed by atoms with Crippen molar-refractivity contribution in [2.24, 2.45) is 7.05 Å². The van der Waals surface area contributed by atoms with E-state index >= 15 is 0 Å². The number of piperidine rings is 1. The molecule has 178 valence electrons. The summed E-state index contributed by atoms with van der Waals surface area (Å²) in [6.45, 7) is 1.38. The van der Waals surface area contributed by atoms with Crippen LogP contribution in [0.4, 0.5) is 4.39 Å². The molecule has 0 unspecified atom stereocenters. The van der Waals surface area contributed by atoms with Crippen LogP contribution < -0.4 is 0 Å². The Kier molecular flexibility index (Phi) is 6.68. The van der Waals surface area contributed by atoms with E-state index in [1.165, 1.54) is 6.07 Å². The maximum absolute atomic E-state index is 14.0. The van der Waals surface area contributed by atoms with Crippen molar-refractivity contribution in [1.29, 1.82) is 0 Å². The fourth-order valence-electron chi connectivity index (χ4n) is 5.50. The largest absolute Gasteiger partial charge is 0.341 e. The van der Waals surface area contributed by atoms with Gasteiger partial charge < -0.3 is 9.47 Å². The SMILES string of the molecule is Cn1c(SCc2cccnc2)nnc1[C@@H]1CCCN(C(=O)C2(c3cccc(F)c3)CCCC2)C1. The Morgan fingerprint density at radius 2 is 2.03 bits per heavy atom. The molecule has 8 heteroatoms. The molecule has 0 radical (unpaired) electrons. The van der Waals surface area contributed by atoms with E-state index in [-0.39, 0.29) is 17.6 Å². The number of likely N-dealkylation sites (tertiary alicyclic amines) is 1. The van der Waals surface area contributed by atoms with Gasteiger partial charge in [-0.15, -0.1) is 10.2 Å². The van der Waals surface area contributed by atoms with Crippen LogP contribution in [0.15, 0.2) is 53.9 Å². The lowest BCUT2D eigenvalue weighted by atomic mass is 9.77. The molecule has 34 heavy (non-hydrogen) atoms. The normalized spacial score (nSPS) is 19.9. The van der Waals surface area contributed by atoms with Crippen molar-refractivity contribution in [1.82, 2.24) is 24.6 Å². The molecule has 6 nitrogen and oxygen atoms in total. The average Bonchev–Trinajstić information content (AvgIpc) is 3.51. The quantitative estimate of drug-likeness (QED) is 0.473. The van der Waals surface area contributed by atoms with Crippen molar-refractivity contribution in [3.63, 3.8) is 0 Å². The molecule has 1 aliphatic carbocycles. The molecule has 2 aromatic heterocycles. The van der Waals surface area contributed by atoms with Crippen LogP contribution in [0.2, 0.25) is 0 Å². The van der Waals surface area contributed by atoms with Gasteiger partial charge in [0.15, 0.2) is 5.16 Å². The van der Waals surface area contributed by atoms with Crippen LogP contribution in [0.3, 0.4) is 0 Å². The molecular weight excluding hydrogens is 449 g/mol. The standard InChI is InChI=1S/C26H30FN5OS/c1-31-23(29-30-25(31)34-18-19-7-5-13-28-16-19)20-8-6-14-32(17-20)24(33)26(11-2-3-12-26)21-9-4-10-22(27)15-21/h4-5,7,9-10,13,15-16,20H,2-3,6,8,11-12,14,17-18H2,1H3/t20-/m1/s1. The molecule has 2 fully saturated rings. The van der Waals surface area contributed by atoms with Crippen LogP contribution in [0.1, 0.15) is 61.4 Å². The smallest absolute Gasteiger partial charge is 0.233 e. The third kappa shape index (κ3) is 4.48. The molecule has 3 heterocycles. The summed E-state index contributed by atoms with van der Waals surface area (Å²) >= 11 is 1.64. The highest BCUT2D eigenvalue weighted by Crippen LogP contribution is 2.44. The fourth-order valence-corrected chi connectivity index (χ4v) is 6.36. The van der Waals surface area contributed by atoms with Gasteiger partial charge in [-0.3, -0.25) is 9.78 Å². The van der Waals surface area contributed by atoms with E-state index < -0.39 is 5.41 Å². The van der Waals surface area contributed by atoms with Gasteiger partial charge in [0.05, 0.1) is 5.41 Å². The lowest BCUT2D eigenvalue weighted by Gasteiger charge is -2.39. The molecule has 0 bridgehead atoms. The number of hydrogen-bond donors (Lipinski definition) is 0. The molecule has 0 spiro atoms. The van der Waals surface area contributed by atoms with Gasteiger partial charge in [-0.25, -0.2) is 4.39 Å². The van der Waals surface area contributed by atoms with Crippen molar-refractivity contribution >= 4 is 17.7 Å². The summed E-state index contributed by atoms with van der Waals surface area (Å²) in [7, 11) is 2.01. The molecule has 1 saturated heterocycles. The Hall–Kier alpha value is -2.74. The number of pyridine rings is 1. The first-order valence-corrected chi connectivity index (χ1v) is 13.0. The van der Waals surface area contributed by atoms with Crippen molar-refractivity contribution in [2.45, 2.75) is 60.8 Å². The summed E-state index contributed by atoms with van der Waals surface area (Å²) in [5, 5.41) is 9.82. The molecule has 1 amide bonds. The lowest BCUT2D eigenvalue weighted by Crippen LogP contribution is -2.49. The number of halogens is 1. The topological polar surface area (TPSA) is 63.9 Å². The number of carbonyl (C=O) groups excluding carboxylic acids is 1. The van der Waals surface area contributed by atoms with E-state index in [2.05, 4.69) is 25.8 Å². The van der Waals surface area contributed by atoms with E-state index in [1.54, 1.807) is 30.1 Å². The van der Waals surface area contributed by atoms with E-state index in [1.807, 2.05) is 30.3 Å². The number of hydrogen-bond acceptors (Lipinski definition) is 5.